The summed E-state index contributed by atoms with van der Waals surface area (Å²) in [4.78, 5) is 28.2. The number of fused-ring (bicyclic) bond motifs is 1. The molecule has 0 bridgehead atoms. The number of hydrogen-bond acceptors (Lipinski definition) is 5. The maximum Gasteiger partial charge on any atom is 0.405 e. The third-order valence-electron chi connectivity index (χ3n) is 4.64. The second kappa shape index (κ2) is 8.44. The Kier molecular flexibility index (Phi) is 5.96. The van der Waals surface area contributed by atoms with Crippen LogP contribution in [-0.4, -0.2) is 23.5 Å². The number of ketones is 1. The van der Waals surface area contributed by atoms with Crippen LogP contribution in [0.5, 0.6) is 5.88 Å². The number of aryl methyl sites for hydroxylation is 1. The zero-order valence-electron chi connectivity index (χ0n) is 16.7. The van der Waals surface area contributed by atoms with Crippen LogP contribution in [0.1, 0.15) is 47.0 Å². The molecular weight excluding hydrogens is 394 g/mol. The molecule has 8 heteroatoms. The van der Waals surface area contributed by atoms with Gasteiger partial charge in [0.05, 0.1) is 12.2 Å². The van der Waals surface area contributed by atoms with Gasteiger partial charge in [0.1, 0.15) is 17.7 Å². The molecule has 1 atom stereocenters. The number of hydrogen-bond donors (Lipinski definition) is 1. The quantitative estimate of drug-likeness (QED) is 0.595. The molecule has 0 saturated heterocycles. The lowest BCUT2D eigenvalue weighted by molar-refractivity contribution is 0.102. The predicted octanol–water partition coefficient (Wildman–Crippen LogP) is 4.61. The van der Waals surface area contributed by atoms with Gasteiger partial charge in [-0.05, 0) is 50.1 Å². The van der Waals surface area contributed by atoms with E-state index in [-0.39, 0.29) is 11.1 Å². The Morgan fingerprint density at radius 1 is 1.20 bits per heavy atom. The molecular formula is C22H20F2N2O4. The summed E-state index contributed by atoms with van der Waals surface area (Å²) in [6, 6.07) is 6.74. The number of nitrogens with two attached hydrogens (primary N) is 1. The Hall–Kier alpha value is -3.55. The van der Waals surface area contributed by atoms with E-state index in [1.54, 1.807) is 32.2 Å². The largest absolute Gasteiger partial charge is 0.478 e. The number of rotatable bonds is 6. The van der Waals surface area contributed by atoms with Gasteiger partial charge in [0.25, 0.3) is 0 Å². The smallest absolute Gasteiger partial charge is 0.405 e. The zero-order valence-corrected chi connectivity index (χ0v) is 16.7. The van der Waals surface area contributed by atoms with Crippen molar-refractivity contribution in [1.82, 2.24) is 4.98 Å². The minimum absolute atomic E-state index is 0.0392. The monoisotopic (exact) mass is 414 g/mol. The SMILES string of the molecule is CCOc1ncc(C)c2c(C(=O)c3c(F)cc([C@@H](C)OC(N)=O)cc3F)cccc12. The van der Waals surface area contributed by atoms with Crippen LogP contribution >= 0.6 is 0 Å². The Labute approximate surface area is 171 Å². The number of carbonyl (C=O) groups is 2. The molecule has 0 aliphatic rings. The highest BCUT2D eigenvalue weighted by Gasteiger charge is 2.25. The van der Waals surface area contributed by atoms with Gasteiger partial charge in [-0.2, -0.15) is 0 Å². The van der Waals surface area contributed by atoms with E-state index in [1.807, 2.05) is 0 Å². The van der Waals surface area contributed by atoms with E-state index in [0.29, 0.717) is 28.8 Å². The van der Waals surface area contributed by atoms with Crippen molar-refractivity contribution in [3.05, 3.63) is 70.4 Å². The van der Waals surface area contributed by atoms with Gasteiger partial charge in [0.2, 0.25) is 5.88 Å². The van der Waals surface area contributed by atoms with Gasteiger partial charge in [-0.3, -0.25) is 4.79 Å². The van der Waals surface area contributed by atoms with E-state index in [1.165, 1.54) is 13.0 Å². The highest BCUT2D eigenvalue weighted by atomic mass is 19.1. The van der Waals surface area contributed by atoms with Crippen LogP contribution in [0, 0.1) is 18.6 Å². The number of benzene rings is 2. The number of primary amides is 1. The number of pyridine rings is 1. The molecule has 3 rings (SSSR count). The van der Waals surface area contributed by atoms with E-state index in [0.717, 1.165) is 12.1 Å². The van der Waals surface area contributed by atoms with Crippen LogP contribution in [0.25, 0.3) is 10.8 Å². The molecule has 30 heavy (non-hydrogen) atoms. The van der Waals surface area contributed by atoms with Crippen molar-refractivity contribution in [2.45, 2.75) is 26.9 Å². The van der Waals surface area contributed by atoms with Crippen molar-refractivity contribution in [3.8, 4) is 5.88 Å². The third-order valence-corrected chi connectivity index (χ3v) is 4.64. The fourth-order valence-corrected chi connectivity index (χ4v) is 3.31. The van der Waals surface area contributed by atoms with Crippen molar-refractivity contribution in [1.29, 1.82) is 0 Å². The van der Waals surface area contributed by atoms with E-state index in [9.17, 15) is 18.4 Å². The first-order chi connectivity index (χ1) is 14.2. The molecule has 0 spiro atoms. The van der Waals surface area contributed by atoms with Crippen LogP contribution in [0.15, 0.2) is 36.5 Å². The number of aromatic nitrogens is 1. The first kappa shape index (κ1) is 21.2. The van der Waals surface area contributed by atoms with Crippen molar-refractivity contribution < 1.29 is 27.8 Å². The van der Waals surface area contributed by atoms with Gasteiger partial charge in [0, 0.05) is 22.5 Å². The molecule has 2 N–H and O–H groups in total. The predicted molar refractivity (Wildman–Crippen MR) is 107 cm³/mol. The number of ether oxygens (including phenoxy) is 2. The van der Waals surface area contributed by atoms with Crippen molar-refractivity contribution in [2.75, 3.05) is 6.61 Å². The van der Waals surface area contributed by atoms with Crippen molar-refractivity contribution in [2.24, 2.45) is 5.73 Å². The lowest BCUT2D eigenvalue weighted by Gasteiger charge is -2.15. The molecule has 0 unspecified atom stereocenters. The lowest BCUT2D eigenvalue weighted by atomic mass is 9.94. The summed E-state index contributed by atoms with van der Waals surface area (Å²) in [5.74, 6) is -2.61. The standard InChI is InChI=1S/C22H20F2N2O4/c1-4-29-21-15-7-5-6-14(18(15)11(2)10-26-21)20(27)19-16(23)8-13(9-17(19)24)12(3)30-22(25)28/h5-10,12H,4H2,1-3H3,(H2,25,28)/t12-/m1/s1. The second-order valence-corrected chi connectivity index (χ2v) is 6.68. The van der Waals surface area contributed by atoms with Gasteiger partial charge in [-0.15, -0.1) is 0 Å². The average Bonchev–Trinajstić information content (AvgIpc) is 2.68. The summed E-state index contributed by atoms with van der Waals surface area (Å²) in [7, 11) is 0. The first-order valence-electron chi connectivity index (χ1n) is 9.25. The minimum atomic E-state index is -1.08. The zero-order chi connectivity index (χ0) is 22.0. The average molecular weight is 414 g/mol. The maximum absolute atomic E-state index is 14.8. The Morgan fingerprint density at radius 2 is 1.87 bits per heavy atom. The molecule has 156 valence electrons. The highest BCUT2D eigenvalue weighted by molar-refractivity contribution is 6.17. The van der Waals surface area contributed by atoms with Crippen LogP contribution in [0.2, 0.25) is 0 Å². The summed E-state index contributed by atoms with van der Waals surface area (Å²) < 4.78 is 39.8. The van der Waals surface area contributed by atoms with Crippen LogP contribution in [0.4, 0.5) is 13.6 Å². The number of nitrogens with zero attached hydrogens (tertiary/aromatic N) is 1. The fourth-order valence-electron chi connectivity index (χ4n) is 3.31. The van der Waals surface area contributed by atoms with Gasteiger partial charge < -0.3 is 15.2 Å². The van der Waals surface area contributed by atoms with Crippen LogP contribution in [0.3, 0.4) is 0 Å². The normalized spacial score (nSPS) is 11.9. The third kappa shape index (κ3) is 3.94. The van der Waals surface area contributed by atoms with Crippen LogP contribution < -0.4 is 10.5 Å². The van der Waals surface area contributed by atoms with E-state index in [4.69, 9.17) is 15.2 Å². The molecule has 3 aromatic rings. The molecule has 1 amide bonds. The van der Waals surface area contributed by atoms with Crippen LogP contribution in [-0.2, 0) is 4.74 Å². The maximum atomic E-state index is 14.8. The topological polar surface area (TPSA) is 91.5 Å². The number of carbonyl (C=O) groups excluding carboxylic acids is 2. The summed E-state index contributed by atoms with van der Waals surface area (Å²) in [5.41, 5.74) is 5.07. The number of amides is 1. The van der Waals surface area contributed by atoms with Gasteiger partial charge in [-0.25, -0.2) is 18.6 Å². The summed E-state index contributed by atoms with van der Waals surface area (Å²) >= 11 is 0. The van der Waals surface area contributed by atoms with E-state index < -0.39 is 35.2 Å². The fraction of sp³-hybridized carbons (Fsp3) is 0.227. The summed E-state index contributed by atoms with van der Waals surface area (Å²) in [6.45, 7) is 5.34. The molecule has 1 heterocycles. The minimum Gasteiger partial charge on any atom is -0.478 e. The molecule has 0 fully saturated rings. The van der Waals surface area contributed by atoms with Gasteiger partial charge in [0.15, 0.2) is 5.78 Å². The Balaban J connectivity index is 2.13. The second-order valence-electron chi connectivity index (χ2n) is 6.68. The molecule has 0 aliphatic carbocycles. The number of halogens is 2. The van der Waals surface area contributed by atoms with Gasteiger partial charge >= 0.3 is 6.09 Å². The van der Waals surface area contributed by atoms with E-state index in [2.05, 4.69) is 4.98 Å². The molecule has 6 nitrogen and oxygen atoms in total. The molecule has 0 radical (unpaired) electrons. The molecule has 1 aromatic heterocycles. The lowest BCUT2D eigenvalue weighted by Crippen LogP contribution is -2.16. The summed E-state index contributed by atoms with van der Waals surface area (Å²) in [5, 5.41) is 1.08. The van der Waals surface area contributed by atoms with Gasteiger partial charge in [-0.1, -0.05) is 12.1 Å². The Morgan fingerprint density at radius 3 is 2.47 bits per heavy atom. The molecule has 2 aromatic carbocycles. The summed E-state index contributed by atoms with van der Waals surface area (Å²) in [6.07, 6.45) is -0.508. The Bertz CT molecular complexity index is 1120. The van der Waals surface area contributed by atoms with E-state index >= 15 is 0 Å². The highest BCUT2D eigenvalue weighted by Crippen LogP contribution is 2.32. The van der Waals surface area contributed by atoms with Crippen molar-refractivity contribution >= 4 is 22.6 Å². The molecule has 0 aliphatic heterocycles. The first-order valence-corrected chi connectivity index (χ1v) is 9.25. The molecule has 0 saturated carbocycles. The van der Waals surface area contributed by atoms with Crippen molar-refractivity contribution in [3.63, 3.8) is 0 Å².